The van der Waals surface area contributed by atoms with Crippen molar-refractivity contribution in [3.8, 4) is 0 Å². The van der Waals surface area contributed by atoms with Crippen LogP contribution in [0.3, 0.4) is 0 Å². The van der Waals surface area contributed by atoms with Crippen molar-refractivity contribution < 1.29 is 4.79 Å². The number of aliphatic imine (C=N–C) groups is 1. The molecule has 2 unspecified atom stereocenters. The minimum atomic E-state index is 0.0907. The molecule has 1 aromatic carbocycles. The van der Waals surface area contributed by atoms with Gasteiger partial charge in [0, 0.05) is 38.8 Å². The summed E-state index contributed by atoms with van der Waals surface area (Å²) in [6, 6.07) is 9.94. The highest BCUT2D eigenvalue weighted by Gasteiger charge is 2.31. The van der Waals surface area contributed by atoms with E-state index in [4.69, 9.17) is 0 Å². The summed E-state index contributed by atoms with van der Waals surface area (Å²) in [7, 11) is 3.97. The van der Waals surface area contributed by atoms with E-state index in [1.165, 1.54) is 19.4 Å². The number of hydrogen-bond donors (Lipinski definition) is 2. The van der Waals surface area contributed by atoms with Gasteiger partial charge >= 0.3 is 0 Å². The third kappa shape index (κ3) is 4.72. The lowest BCUT2D eigenvalue weighted by Crippen LogP contribution is -2.47. The Hall–Kier alpha value is -2.08. The van der Waals surface area contributed by atoms with Gasteiger partial charge in [0.2, 0.25) is 5.91 Å². The van der Waals surface area contributed by atoms with Crippen molar-refractivity contribution in [3.05, 3.63) is 30.3 Å². The predicted octanol–water partition coefficient (Wildman–Crippen LogP) is 1.30. The molecular formula is C19H29N5O. The van der Waals surface area contributed by atoms with Crippen LogP contribution in [0, 0.1) is 5.92 Å². The van der Waals surface area contributed by atoms with Gasteiger partial charge in [-0.2, -0.15) is 0 Å². The Labute approximate surface area is 150 Å². The zero-order valence-corrected chi connectivity index (χ0v) is 15.2. The fourth-order valence-electron chi connectivity index (χ4n) is 3.73. The highest BCUT2D eigenvalue weighted by Crippen LogP contribution is 2.21. The minimum absolute atomic E-state index is 0.0907. The molecule has 0 spiro atoms. The number of likely N-dealkylation sites (tertiary alicyclic amines) is 1. The maximum absolute atomic E-state index is 12.3. The van der Waals surface area contributed by atoms with Crippen LogP contribution in [0.1, 0.15) is 19.3 Å². The lowest BCUT2D eigenvalue weighted by molar-refractivity contribution is -0.117. The number of rotatable bonds is 4. The number of benzene rings is 1. The maximum atomic E-state index is 12.3. The third-order valence-electron chi connectivity index (χ3n) is 5.04. The normalized spacial score (nSPS) is 25.3. The molecule has 0 aromatic heterocycles. The number of nitrogens with zero attached hydrogens (tertiary/aromatic N) is 3. The standard InChI is InChI=1S/C19H29N5O/c1-20-19(21-12-15-7-6-10-23(2)13-15)22-16-11-18(25)24(14-16)17-8-4-3-5-9-17/h3-5,8-9,15-16H,6-7,10-14H2,1-2H3,(H2,20,21,22). The van der Waals surface area contributed by atoms with E-state index < -0.39 is 0 Å². The van der Waals surface area contributed by atoms with Crippen LogP contribution in [0.4, 0.5) is 5.69 Å². The second kappa shape index (κ2) is 8.34. The third-order valence-corrected chi connectivity index (χ3v) is 5.04. The fourth-order valence-corrected chi connectivity index (χ4v) is 3.73. The number of carbonyl (C=O) groups is 1. The van der Waals surface area contributed by atoms with Crippen molar-refractivity contribution >= 4 is 17.6 Å². The molecule has 136 valence electrons. The van der Waals surface area contributed by atoms with E-state index in [-0.39, 0.29) is 11.9 Å². The van der Waals surface area contributed by atoms with Crippen LogP contribution < -0.4 is 15.5 Å². The van der Waals surface area contributed by atoms with Crippen molar-refractivity contribution in [2.75, 3.05) is 45.2 Å². The molecule has 2 heterocycles. The average molecular weight is 343 g/mol. The topological polar surface area (TPSA) is 60.0 Å². The van der Waals surface area contributed by atoms with Crippen LogP contribution in [0.25, 0.3) is 0 Å². The van der Waals surface area contributed by atoms with Gasteiger partial charge in [0.1, 0.15) is 0 Å². The monoisotopic (exact) mass is 343 g/mol. The van der Waals surface area contributed by atoms with Gasteiger partial charge in [-0.05, 0) is 44.5 Å². The summed E-state index contributed by atoms with van der Waals surface area (Å²) in [5, 5.41) is 6.85. The first-order valence-electron chi connectivity index (χ1n) is 9.17. The Balaban J connectivity index is 1.50. The molecule has 6 heteroatoms. The molecule has 2 saturated heterocycles. The second-order valence-corrected chi connectivity index (χ2v) is 7.11. The van der Waals surface area contributed by atoms with E-state index in [1.54, 1.807) is 7.05 Å². The number of hydrogen-bond acceptors (Lipinski definition) is 3. The summed E-state index contributed by atoms with van der Waals surface area (Å²) in [4.78, 5) is 20.9. The first-order valence-corrected chi connectivity index (χ1v) is 9.17. The summed E-state index contributed by atoms with van der Waals surface area (Å²) < 4.78 is 0. The van der Waals surface area contributed by atoms with E-state index >= 15 is 0 Å². The molecule has 25 heavy (non-hydrogen) atoms. The molecule has 2 N–H and O–H groups in total. The molecule has 0 radical (unpaired) electrons. The molecule has 1 aromatic rings. The zero-order valence-electron chi connectivity index (χ0n) is 15.2. The van der Waals surface area contributed by atoms with Gasteiger partial charge in [0.15, 0.2) is 5.96 Å². The van der Waals surface area contributed by atoms with Gasteiger partial charge in [-0.3, -0.25) is 9.79 Å². The van der Waals surface area contributed by atoms with Gasteiger partial charge in [-0.15, -0.1) is 0 Å². The summed E-state index contributed by atoms with van der Waals surface area (Å²) in [6.07, 6.45) is 3.03. The summed E-state index contributed by atoms with van der Waals surface area (Å²) in [6.45, 7) is 3.93. The Morgan fingerprint density at radius 1 is 1.28 bits per heavy atom. The number of amides is 1. The lowest BCUT2D eigenvalue weighted by atomic mass is 9.99. The van der Waals surface area contributed by atoms with Crippen LogP contribution in [-0.2, 0) is 4.79 Å². The van der Waals surface area contributed by atoms with Crippen LogP contribution in [0.2, 0.25) is 0 Å². The SMILES string of the molecule is CN=C(NCC1CCCN(C)C1)NC1CC(=O)N(c2ccccc2)C1. The molecule has 2 atom stereocenters. The number of nitrogens with one attached hydrogen (secondary N) is 2. The maximum Gasteiger partial charge on any atom is 0.229 e. The largest absolute Gasteiger partial charge is 0.356 e. The predicted molar refractivity (Wildman–Crippen MR) is 102 cm³/mol. The van der Waals surface area contributed by atoms with E-state index in [2.05, 4.69) is 27.6 Å². The number of guanidine groups is 1. The Kier molecular flexibility index (Phi) is 5.91. The molecule has 0 aliphatic carbocycles. The molecule has 3 rings (SSSR count). The average Bonchev–Trinajstić information content (AvgIpc) is 2.99. The van der Waals surface area contributed by atoms with Crippen molar-refractivity contribution in [2.45, 2.75) is 25.3 Å². The molecule has 2 aliphatic heterocycles. The number of piperidine rings is 1. The van der Waals surface area contributed by atoms with Crippen molar-refractivity contribution in [1.29, 1.82) is 0 Å². The zero-order chi connectivity index (χ0) is 17.6. The first-order chi connectivity index (χ1) is 12.2. The van der Waals surface area contributed by atoms with Crippen LogP contribution in [-0.4, -0.2) is 63.1 Å². The quantitative estimate of drug-likeness (QED) is 0.639. The minimum Gasteiger partial charge on any atom is -0.356 e. The van der Waals surface area contributed by atoms with Crippen LogP contribution in [0.5, 0.6) is 0 Å². The molecule has 0 saturated carbocycles. The highest BCUT2D eigenvalue weighted by atomic mass is 16.2. The molecule has 6 nitrogen and oxygen atoms in total. The molecule has 2 fully saturated rings. The van der Waals surface area contributed by atoms with E-state index in [1.807, 2.05) is 35.2 Å². The summed E-state index contributed by atoms with van der Waals surface area (Å²) >= 11 is 0. The Morgan fingerprint density at radius 3 is 2.80 bits per heavy atom. The smallest absolute Gasteiger partial charge is 0.229 e. The van der Waals surface area contributed by atoms with E-state index in [0.29, 0.717) is 18.9 Å². The lowest BCUT2D eigenvalue weighted by Gasteiger charge is -2.30. The van der Waals surface area contributed by atoms with E-state index in [9.17, 15) is 4.79 Å². The number of para-hydroxylation sites is 1. The Morgan fingerprint density at radius 2 is 2.08 bits per heavy atom. The van der Waals surface area contributed by atoms with Gasteiger partial charge in [-0.1, -0.05) is 18.2 Å². The second-order valence-electron chi connectivity index (χ2n) is 7.11. The van der Waals surface area contributed by atoms with Crippen molar-refractivity contribution in [2.24, 2.45) is 10.9 Å². The molecular weight excluding hydrogens is 314 g/mol. The van der Waals surface area contributed by atoms with Crippen molar-refractivity contribution in [3.63, 3.8) is 0 Å². The van der Waals surface area contributed by atoms with Crippen molar-refractivity contribution in [1.82, 2.24) is 15.5 Å². The van der Waals surface area contributed by atoms with Gasteiger partial charge in [-0.25, -0.2) is 0 Å². The van der Waals surface area contributed by atoms with Gasteiger partial charge in [0.25, 0.3) is 0 Å². The molecule has 0 bridgehead atoms. The van der Waals surface area contributed by atoms with E-state index in [0.717, 1.165) is 24.7 Å². The van der Waals surface area contributed by atoms with Gasteiger partial charge in [0.05, 0.1) is 6.04 Å². The Bertz CT molecular complexity index is 603. The highest BCUT2D eigenvalue weighted by molar-refractivity contribution is 5.97. The van der Waals surface area contributed by atoms with Crippen LogP contribution in [0.15, 0.2) is 35.3 Å². The first kappa shape index (κ1) is 17.7. The van der Waals surface area contributed by atoms with Gasteiger partial charge < -0.3 is 20.4 Å². The fraction of sp³-hybridized carbons (Fsp3) is 0.579. The number of anilines is 1. The molecule has 1 amide bonds. The summed E-state index contributed by atoms with van der Waals surface area (Å²) in [5.41, 5.74) is 0.963. The van der Waals surface area contributed by atoms with Crippen LogP contribution >= 0.6 is 0 Å². The summed E-state index contributed by atoms with van der Waals surface area (Å²) in [5.74, 6) is 1.61. The number of carbonyl (C=O) groups excluding carboxylic acids is 1. The molecule has 2 aliphatic rings.